The lowest BCUT2D eigenvalue weighted by molar-refractivity contribution is 0.669. The van der Waals surface area contributed by atoms with Crippen LogP contribution in [0, 0.1) is 0 Å². The number of nitrogens with zero attached hydrogens (tertiary/aromatic N) is 1. The lowest BCUT2D eigenvalue weighted by atomic mass is 9.92. The topological polar surface area (TPSA) is 25.5 Å². The van der Waals surface area contributed by atoms with Crippen LogP contribution in [0.3, 0.4) is 0 Å². The Bertz CT molecular complexity index is 2800. The molecule has 1 aromatic heterocycles. The predicted octanol–water partition coefficient (Wildman–Crippen LogP) is 13.7. The number of hydrogen-bond donors (Lipinski definition) is 0. The van der Waals surface area contributed by atoms with E-state index < -0.39 is 0 Å². The molecule has 0 unspecified atom stereocenters. The van der Waals surface area contributed by atoms with Crippen LogP contribution in [0.5, 0.6) is 0 Å². The number of fused-ring (bicyclic) bond motifs is 9. The molecule has 0 bridgehead atoms. The molecule has 9 aromatic rings. The zero-order valence-electron chi connectivity index (χ0n) is 28.4. The van der Waals surface area contributed by atoms with Crippen molar-refractivity contribution in [3.8, 4) is 11.1 Å². The highest BCUT2D eigenvalue weighted by Gasteiger charge is 2.13. The molecule has 0 radical (unpaired) electrons. The lowest BCUT2D eigenvalue weighted by Crippen LogP contribution is -1.96. The van der Waals surface area contributed by atoms with Gasteiger partial charge in [0, 0.05) is 16.5 Å². The van der Waals surface area contributed by atoms with Crippen molar-refractivity contribution in [2.45, 2.75) is 13.3 Å². The van der Waals surface area contributed by atoms with Gasteiger partial charge in [0.15, 0.2) is 0 Å². The number of hydrogen-bond acceptors (Lipinski definition) is 2. The van der Waals surface area contributed by atoms with Crippen LogP contribution in [0.25, 0.3) is 76.7 Å². The van der Waals surface area contributed by atoms with Crippen molar-refractivity contribution >= 4 is 71.2 Å². The Morgan fingerprint density at radius 3 is 1.63 bits per heavy atom. The summed E-state index contributed by atoms with van der Waals surface area (Å²) >= 11 is 0. The predicted molar refractivity (Wildman–Crippen MR) is 218 cm³/mol. The average molecular weight is 654 g/mol. The molecule has 9 rings (SSSR count). The van der Waals surface area contributed by atoms with Crippen LogP contribution >= 0.6 is 0 Å². The molecule has 51 heavy (non-hydrogen) atoms. The normalized spacial score (nSPS) is 12.4. The number of allylic oxidation sites excluding steroid dienone is 2. The molecule has 0 N–H and O–H groups in total. The minimum Gasteiger partial charge on any atom is -0.456 e. The number of rotatable bonds is 7. The van der Waals surface area contributed by atoms with E-state index in [4.69, 9.17) is 9.41 Å². The van der Waals surface area contributed by atoms with Crippen LogP contribution in [0.2, 0.25) is 0 Å². The van der Waals surface area contributed by atoms with E-state index in [2.05, 4.69) is 171 Å². The van der Waals surface area contributed by atoms with Crippen molar-refractivity contribution in [3.63, 3.8) is 0 Å². The average Bonchev–Trinajstić information content (AvgIpc) is 3.57. The van der Waals surface area contributed by atoms with Gasteiger partial charge >= 0.3 is 0 Å². The van der Waals surface area contributed by atoms with Crippen molar-refractivity contribution in [2.24, 2.45) is 4.99 Å². The molecule has 1 heterocycles. The fourth-order valence-electron chi connectivity index (χ4n) is 7.36. The molecular weight excluding hydrogens is 619 g/mol. The van der Waals surface area contributed by atoms with E-state index >= 15 is 0 Å². The third-order valence-corrected chi connectivity index (χ3v) is 10.0. The quantitative estimate of drug-likeness (QED) is 0.124. The molecule has 0 aliphatic rings. The van der Waals surface area contributed by atoms with Crippen LogP contribution < -0.4 is 0 Å². The van der Waals surface area contributed by atoms with Gasteiger partial charge in [-0.1, -0.05) is 140 Å². The summed E-state index contributed by atoms with van der Waals surface area (Å²) in [6.45, 7) is 6.43. The molecule has 0 aliphatic carbocycles. The molecule has 0 spiro atoms. The monoisotopic (exact) mass is 653 g/mol. The highest BCUT2D eigenvalue weighted by Crippen LogP contribution is 2.39. The van der Waals surface area contributed by atoms with Crippen LogP contribution in [0.15, 0.2) is 186 Å². The Balaban J connectivity index is 1.11. The summed E-state index contributed by atoms with van der Waals surface area (Å²) in [5.74, 6) is 0. The molecule has 2 nitrogen and oxygen atoms in total. The van der Waals surface area contributed by atoms with Gasteiger partial charge in [0.2, 0.25) is 0 Å². The van der Waals surface area contributed by atoms with Gasteiger partial charge in [0.1, 0.15) is 11.2 Å². The van der Waals surface area contributed by atoms with E-state index in [9.17, 15) is 0 Å². The number of aliphatic imine (C=N–C) groups is 1. The van der Waals surface area contributed by atoms with Crippen molar-refractivity contribution < 1.29 is 4.42 Å². The van der Waals surface area contributed by atoms with Gasteiger partial charge < -0.3 is 4.42 Å². The molecule has 0 amide bonds. The molecule has 242 valence electrons. The third-order valence-electron chi connectivity index (χ3n) is 10.0. The zero-order valence-corrected chi connectivity index (χ0v) is 28.4. The highest BCUT2D eigenvalue weighted by atomic mass is 16.3. The molecule has 8 aromatic carbocycles. The first-order valence-corrected chi connectivity index (χ1v) is 17.4. The van der Waals surface area contributed by atoms with E-state index in [0.717, 1.165) is 61.2 Å². The Labute approximate surface area is 297 Å². The fourth-order valence-corrected chi connectivity index (χ4v) is 7.36. The summed E-state index contributed by atoms with van der Waals surface area (Å²) in [4.78, 5) is 5.20. The zero-order chi connectivity index (χ0) is 34.3. The van der Waals surface area contributed by atoms with Gasteiger partial charge in [0.05, 0.1) is 5.70 Å². The summed E-state index contributed by atoms with van der Waals surface area (Å²) < 4.78 is 6.35. The van der Waals surface area contributed by atoms with E-state index in [1.54, 1.807) is 0 Å². The molecule has 0 aliphatic heterocycles. The summed E-state index contributed by atoms with van der Waals surface area (Å²) in [5.41, 5.74) is 10.3. The largest absolute Gasteiger partial charge is 0.456 e. The van der Waals surface area contributed by atoms with E-state index in [1.807, 2.05) is 12.1 Å². The smallest absolute Gasteiger partial charge is 0.135 e. The van der Waals surface area contributed by atoms with Crippen LogP contribution in [0.1, 0.15) is 30.0 Å². The van der Waals surface area contributed by atoms with Crippen LogP contribution in [-0.2, 0) is 0 Å². The van der Waals surface area contributed by atoms with Crippen LogP contribution in [-0.4, -0.2) is 5.71 Å². The summed E-state index contributed by atoms with van der Waals surface area (Å²) in [5, 5.41) is 9.85. The lowest BCUT2D eigenvalue weighted by Gasteiger charge is -2.12. The van der Waals surface area contributed by atoms with Gasteiger partial charge in [0.25, 0.3) is 0 Å². The van der Waals surface area contributed by atoms with Crippen molar-refractivity contribution in [2.75, 3.05) is 0 Å². The van der Waals surface area contributed by atoms with Crippen molar-refractivity contribution in [1.29, 1.82) is 0 Å². The summed E-state index contributed by atoms with van der Waals surface area (Å²) in [7, 11) is 0. The van der Waals surface area contributed by atoms with Gasteiger partial charge in [-0.05, 0) is 115 Å². The van der Waals surface area contributed by atoms with Crippen molar-refractivity contribution in [3.05, 3.63) is 193 Å². The minimum atomic E-state index is 0.708. The maximum Gasteiger partial charge on any atom is 0.135 e. The SMILES string of the molecule is C=C(C/C=C(/N=C(\C)c1ccc2oc3ccc(-c4ccc5c6ccccc6c6ccccc6c5c4)cc3c2c1)c1ccccc1)c1ccccc1. The Kier molecular flexibility index (Phi) is 7.63. The van der Waals surface area contributed by atoms with Gasteiger partial charge in [-0.25, -0.2) is 0 Å². The number of furan rings is 1. The van der Waals surface area contributed by atoms with E-state index in [1.165, 1.54) is 37.9 Å². The first-order valence-electron chi connectivity index (χ1n) is 17.4. The molecule has 2 heteroatoms. The second-order valence-electron chi connectivity index (χ2n) is 13.2. The first-order chi connectivity index (χ1) is 25.1. The molecule has 0 saturated carbocycles. The van der Waals surface area contributed by atoms with Gasteiger partial charge in [-0.2, -0.15) is 0 Å². The summed E-state index contributed by atoms with van der Waals surface area (Å²) in [6, 6.07) is 58.0. The minimum absolute atomic E-state index is 0.708. The van der Waals surface area contributed by atoms with Crippen LogP contribution in [0.4, 0.5) is 0 Å². The third kappa shape index (κ3) is 5.61. The van der Waals surface area contributed by atoms with Crippen molar-refractivity contribution in [1.82, 2.24) is 0 Å². The second-order valence-corrected chi connectivity index (χ2v) is 13.2. The van der Waals surface area contributed by atoms with Gasteiger partial charge in [-0.3, -0.25) is 4.99 Å². The fraction of sp³-hybridized carbons (Fsp3) is 0.0408. The maximum absolute atomic E-state index is 6.35. The Hall–Kier alpha value is -6.51. The Morgan fingerprint density at radius 2 is 0.980 bits per heavy atom. The molecule has 0 fully saturated rings. The molecule has 0 atom stereocenters. The van der Waals surface area contributed by atoms with E-state index in [-0.39, 0.29) is 0 Å². The second kappa shape index (κ2) is 12.7. The molecular formula is C49H35NO. The van der Waals surface area contributed by atoms with Gasteiger partial charge in [-0.15, -0.1) is 0 Å². The van der Waals surface area contributed by atoms with E-state index in [0.29, 0.717) is 6.42 Å². The number of benzene rings is 8. The molecule has 0 saturated heterocycles. The summed E-state index contributed by atoms with van der Waals surface area (Å²) in [6.07, 6.45) is 2.89. The standard InChI is InChI=1S/C49H35NO/c1-32(34-13-5-3-6-14-34)21-26-47(35-15-7-4-8-16-35)50-33(2)36-23-27-48-45(29-36)46-31-38(24-28-49(46)51-48)37-22-25-43-41-19-10-9-17-39(41)40-18-11-12-20-42(40)44(43)30-37/h3-20,22-31H,1,21H2,2H3/b47-26+,50-33+. The Morgan fingerprint density at radius 1 is 0.490 bits per heavy atom. The maximum atomic E-state index is 6.35. The first kappa shape index (κ1) is 30.5. The highest BCUT2D eigenvalue weighted by molar-refractivity contribution is 6.25.